The zero-order valence-electron chi connectivity index (χ0n) is 10.6. The van der Waals surface area contributed by atoms with Crippen molar-refractivity contribution in [3.8, 4) is 0 Å². The summed E-state index contributed by atoms with van der Waals surface area (Å²) >= 11 is 0. The molecule has 0 spiro atoms. The first kappa shape index (κ1) is 13.2. The van der Waals surface area contributed by atoms with Gasteiger partial charge >= 0.3 is 0 Å². The van der Waals surface area contributed by atoms with Gasteiger partial charge in [0.15, 0.2) is 0 Å². The average Bonchev–Trinajstić information content (AvgIpc) is 2.91. The lowest BCUT2D eigenvalue weighted by atomic mass is 10.2. The van der Waals surface area contributed by atoms with Gasteiger partial charge in [0.25, 0.3) is 0 Å². The van der Waals surface area contributed by atoms with Crippen LogP contribution in [0.2, 0.25) is 0 Å². The monoisotopic (exact) mass is 260 g/mol. The van der Waals surface area contributed by atoms with Crippen LogP contribution >= 0.6 is 0 Å². The van der Waals surface area contributed by atoms with Crippen LogP contribution in [0.1, 0.15) is 18.8 Å². The molecule has 100 valence electrons. The van der Waals surface area contributed by atoms with Gasteiger partial charge < -0.3 is 20.2 Å². The second-order valence-corrected chi connectivity index (χ2v) is 4.17. The van der Waals surface area contributed by atoms with E-state index < -0.39 is 6.10 Å². The Morgan fingerprint density at radius 2 is 1.95 bits per heavy atom. The van der Waals surface area contributed by atoms with E-state index in [1.807, 2.05) is 12.1 Å². The van der Waals surface area contributed by atoms with Gasteiger partial charge in [-0.25, -0.2) is 0 Å². The third kappa shape index (κ3) is 3.86. The topological polar surface area (TPSA) is 74.5 Å². The molecule has 0 radical (unpaired) electrons. The van der Waals surface area contributed by atoms with Gasteiger partial charge in [-0.15, -0.1) is 0 Å². The summed E-state index contributed by atoms with van der Waals surface area (Å²) in [6.07, 6.45) is 0.839. The summed E-state index contributed by atoms with van der Waals surface area (Å²) < 4.78 is 5.11. The first-order valence-electron chi connectivity index (χ1n) is 5.98. The zero-order valence-corrected chi connectivity index (χ0v) is 10.6. The number of carbonyl (C=O) groups excluding carboxylic acids is 1. The van der Waals surface area contributed by atoms with E-state index in [-0.39, 0.29) is 5.91 Å². The normalized spacial score (nSPS) is 11.9. The van der Waals surface area contributed by atoms with Crippen LogP contribution in [0, 0.1) is 0 Å². The van der Waals surface area contributed by atoms with Gasteiger partial charge in [0.1, 0.15) is 11.9 Å². The summed E-state index contributed by atoms with van der Waals surface area (Å²) in [5, 5.41) is 15.6. The van der Waals surface area contributed by atoms with Gasteiger partial charge in [-0.1, -0.05) is 0 Å². The van der Waals surface area contributed by atoms with Crippen LogP contribution in [0.4, 0.5) is 11.4 Å². The zero-order chi connectivity index (χ0) is 13.7. The third-order valence-electron chi connectivity index (χ3n) is 2.58. The molecule has 19 heavy (non-hydrogen) atoms. The lowest BCUT2D eigenvalue weighted by molar-refractivity contribution is -0.114. The number of carbonyl (C=O) groups is 1. The Hall–Kier alpha value is -2.27. The number of anilines is 2. The van der Waals surface area contributed by atoms with E-state index in [0.717, 1.165) is 11.4 Å². The minimum atomic E-state index is -0.690. The molecule has 0 aliphatic carbocycles. The molecule has 0 fully saturated rings. The van der Waals surface area contributed by atoms with Gasteiger partial charge in [-0.3, -0.25) is 4.79 Å². The molecule has 1 aromatic carbocycles. The number of nitrogens with one attached hydrogen (secondary N) is 2. The van der Waals surface area contributed by atoms with Crippen molar-refractivity contribution >= 4 is 17.3 Å². The molecule has 2 aromatic rings. The van der Waals surface area contributed by atoms with E-state index in [4.69, 9.17) is 4.42 Å². The Bertz CT molecular complexity index is 520. The highest BCUT2D eigenvalue weighted by molar-refractivity contribution is 5.88. The quantitative estimate of drug-likeness (QED) is 0.771. The van der Waals surface area contributed by atoms with Crippen molar-refractivity contribution in [2.24, 2.45) is 0 Å². The van der Waals surface area contributed by atoms with Crippen molar-refractivity contribution in [3.05, 3.63) is 48.4 Å². The second-order valence-electron chi connectivity index (χ2n) is 4.17. The van der Waals surface area contributed by atoms with Gasteiger partial charge in [0.05, 0.1) is 6.26 Å². The molecule has 0 aliphatic rings. The second kappa shape index (κ2) is 6.06. The maximum absolute atomic E-state index is 10.9. The number of rotatable bonds is 5. The Morgan fingerprint density at radius 3 is 2.53 bits per heavy atom. The number of aliphatic hydroxyl groups excluding tert-OH is 1. The first-order chi connectivity index (χ1) is 9.15. The van der Waals surface area contributed by atoms with Crippen molar-refractivity contribution in [1.29, 1.82) is 0 Å². The van der Waals surface area contributed by atoms with Crippen molar-refractivity contribution < 1.29 is 14.3 Å². The van der Waals surface area contributed by atoms with Crippen LogP contribution in [0.5, 0.6) is 0 Å². The molecule has 1 aromatic heterocycles. The summed E-state index contributed by atoms with van der Waals surface area (Å²) in [4.78, 5) is 10.9. The van der Waals surface area contributed by atoms with Crippen LogP contribution in [-0.2, 0) is 4.79 Å². The fraction of sp³-hybridized carbons (Fsp3) is 0.214. The van der Waals surface area contributed by atoms with Crippen LogP contribution in [0.15, 0.2) is 47.1 Å². The highest BCUT2D eigenvalue weighted by atomic mass is 16.4. The first-order valence-corrected chi connectivity index (χ1v) is 5.98. The van der Waals surface area contributed by atoms with Crippen LogP contribution in [0.25, 0.3) is 0 Å². The smallest absolute Gasteiger partial charge is 0.221 e. The van der Waals surface area contributed by atoms with Crippen LogP contribution in [0.3, 0.4) is 0 Å². The minimum Gasteiger partial charge on any atom is -0.467 e. The molecule has 3 N–H and O–H groups in total. The molecule has 1 unspecified atom stereocenters. The molecule has 5 heteroatoms. The highest BCUT2D eigenvalue weighted by Crippen LogP contribution is 2.17. The van der Waals surface area contributed by atoms with E-state index in [0.29, 0.717) is 12.3 Å². The van der Waals surface area contributed by atoms with Crippen molar-refractivity contribution in [3.63, 3.8) is 0 Å². The molecule has 0 saturated carbocycles. The predicted octanol–water partition coefficient (Wildman–Crippen LogP) is 2.38. The number of benzene rings is 1. The van der Waals surface area contributed by atoms with E-state index in [1.165, 1.54) is 13.2 Å². The standard InChI is InChI=1S/C14H16N2O3/c1-10(17)16-12-6-4-11(5-7-12)15-9-13(18)14-3-2-8-19-14/h2-8,13,15,18H,9H2,1H3,(H,16,17). The Morgan fingerprint density at radius 1 is 1.26 bits per heavy atom. The number of amides is 1. The highest BCUT2D eigenvalue weighted by Gasteiger charge is 2.09. The predicted molar refractivity (Wildman–Crippen MR) is 72.9 cm³/mol. The molecule has 1 amide bonds. The Balaban J connectivity index is 1.88. The molecule has 0 bridgehead atoms. The van der Waals surface area contributed by atoms with Crippen molar-refractivity contribution in [2.45, 2.75) is 13.0 Å². The molecular weight excluding hydrogens is 244 g/mol. The number of hydrogen-bond acceptors (Lipinski definition) is 4. The lowest BCUT2D eigenvalue weighted by Crippen LogP contribution is -2.11. The SMILES string of the molecule is CC(=O)Nc1ccc(NCC(O)c2ccco2)cc1. The summed E-state index contributed by atoms with van der Waals surface area (Å²) in [6.45, 7) is 1.82. The lowest BCUT2D eigenvalue weighted by Gasteiger charge is -2.11. The fourth-order valence-corrected chi connectivity index (χ4v) is 1.67. The molecule has 0 aliphatic heterocycles. The van der Waals surface area contributed by atoms with Gasteiger partial charge in [-0.05, 0) is 36.4 Å². The van der Waals surface area contributed by atoms with Gasteiger partial charge in [-0.2, -0.15) is 0 Å². The summed E-state index contributed by atoms with van der Waals surface area (Å²) in [7, 11) is 0. The van der Waals surface area contributed by atoms with Crippen molar-refractivity contribution in [2.75, 3.05) is 17.2 Å². The summed E-state index contributed by atoms with van der Waals surface area (Å²) in [6, 6.07) is 10.7. The summed E-state index contributed by atoms with van der Waals surface area (Å²) in [5.74, 6) is 0.427. The maximum Gasteiger partial charge on any atom is 0.221 e. The molecular formula is C14H16N2O3. The van der Waals surface area contributed by atoms with Crippen molar-refractivity contribution in [1.82, 2.24) is 0 Å². The van der Waals surface area contributed by atoms with E-state index in [9.17, 15) is 9.90 Å². The molecule has 5 nitrogen and oxygen atoms in total. The Kier molecular flexibility index (Phi) is 4.20. The van der Waals surface area contributed by atoms with E-state index >= 15 is 0 Å². The average molecular weight is 260 g/mol. The van der Waals surface area contributed by atoms with Gasteiger partial charge in [0, 0.05) is 24.8 Å². The van der Waals surface area contributed by atoms with Crippen LogP contribution < -0.4 is 10.6 Å². The minimum absolute atomic E-state index is 0.103. The number of hydrogen-bond donors (Lipinski definition) is 3. The number of aliphatic hydroxyl groups is 1. The third-order valence-corrected chi connectivity index (χ3v) is 2.58. The molecule has 0 saturated heterocycles. The summed E-state index contributed by atoms with van der Waals surface area (Å²) in [5.41, 5.74) is 1.60. The van der Waals surface area contributed by atoms with E-state index in [1.54, 1.807) is 24.3 Å². The Labute approximate surface area is 111 Å². The maximum atomic E-state index is 10.9. The fourth-order valence-electron chi connectivity index (χ4n) is 1.67. The molecule has 1 atom stereocenters. The molecule has 1 heterocycles. The van der Waals surface area contributed by atoms with Gasteiger partial charge in [0.2, 0.25) is 5.91 Å². The number of furan rings is 1. The van der Waals surface area contributed by atoms with E-state index in [2.05, 4.69) is 10.6 Å². The molecule has 2 rings (SSSR count). The van der Waals surface area contributed by atoms with Crippen LogP contribution in [-0.4, -0.2) is 17.6 Å². The largest absolute Gasteiger partial charge is 0.467 e.